The monoisotopic (exact) mass is 548 g/mol. The molecule has 1 fully saturated rings. The molecular weight excluding hydrogens is 517 g/mol. The van der Waals surface area contributed by atoms with Gasteiger partial charge < -0.3 is 24.3 Å². The van der Waals surface area contributed by atoms with E-state index >= 15 is 0 Å². The normalized spacial score (nSPS) is 13.7. The summed E-state index contributed by atoms with van der Waals surface area (Å²) in [5.74, 6) is -4.43. The summed E-state index contributed by atoms with van der Waals surface area (Å²) in [6, 6.07) is 3.36. The van der Waals surface area contributed by atoms with Crippen molar-refractivity contribution in [1.29, 1.82) is 0 Å². The summed E-state index contributed by atoms with van der Waals surface area (Å²) >= 11 is 0. The number of benzene rings is 1. The summed E-state index contributed by atoms with van der Waals surface area (Å²) in [6.07, 6.45) is 13.2. The minimum atomic E-state index is -3.19. The van der Waals surface area contributed by atoms with Crippen molar-refractivity contribution >= 4 is 22.5 Å². The van der Waals surface area contributed by atoms with Gasteiger partial charge in [-0.15, -0.1) is 0 Å². The van der Waals surface area contributed by atoms with E-state index in [4.69, 9.17) is 0 Å². The summed E-state index contributed by atoms with van der Waals surface area (Å²) in [7, 11) is 0. The van der Waals surface area contributed by atoms with Crippen molar-refractivity contribution in [3.8, 4) is 0 Å². The maximum absolute atomic E-state index is 13.2. The average molecular weight is 548 g/mol. The molecule has 1 radical (unpaired) electrons. The molecule has 7 nitrogen and oxygen atoms in total. The van der Waals surface area contributed by atoms with Crippen LogP contribution in [0.15, 0.2) is 30.7 Å². The van der Waals surface area contributed by atoms with E-state index in [1.807, 2.05) is 0 Å². The van der Waals surface area contributed by atoms with Crippen molar-refractivity contribution in [3.63, 3.8) is 0 Å². The fourth-order valence-electron chi connectivity index (χ4n) is 3.37. The van der Waals surface area contributed by atoms with E-state index < -0.39 is 23.3 Å². The number of rotatable bonds is 4. The zero-order chi connectivity index (χ0) is 23.4. The summed E-state index contributed by atoms with van der Waals surface area (Å²) in [5, 5.41) is 20.5. The fourth-order valence-corrected chi connectivity index (χ4v) is 3.37. The molecule has 1 aromatic carbocycles. The molecule has 10 heteroatoms. The van der Waals surface area contributed by atoms with Crippen LogP contribution in [0, 0.1) is 13.8 Å². The number of aromatic nitrogens is 4. The first-order valence-corrected chi connectivity index (χ1v) is 10.6. The summed E-state index contributed by atoms with van der Waals surface area (Å²) in [4.78, 5) is 19.5. The molecule has 4 rings (SSSR count). The van der Waals surface area contributed by atoms with Crippen molar-refractivity contribution in [2.45, 2.75) is 64.4 Å². The number of halogens is 2. The standard InChI is InChI=1S/C17H17F2N5O2.C6H11.CH3.Y/c1-16(2,26)11-5-12-9(8-22-24-12)4-13(11)23-14(25)10-6-20-15(21-7-10)17(3,18)19;1-2-4-6-5-3-1;;/h4-8,26H,1-3H3,(H,22,24)(H,23,25);1H,2-6H2;1H3;/q;2*-1;. The molecule has 34 heavy (non-hydrogen) atoms. The number of fused-ring (bicyclic) bond motifs is 1. The number of alkyl halides is 2. The molecule has 0 saturated heterocycles. The number of nitrogens with one attached hydrogen (secondary N) is 2. The van der Waals surface area contributed by atoms with Crippen LogP contribution in [-0.2, 0) is 44.2 Å². The minimum Gasteiger partial charge on any atom is -0.386 e. The third-order valence-corrected chi connectivity index (χ3v) is 5.11. The van der Waals surface area contributed by atoms with Crippen LogP contribution >= 0.6 is 0 Å². The zero-order valence-corrected chi connectivity index (χ0v) is 22.9. The molecule has 3 aromatic rings. The molecular formula is C24H31F2N5O2Y-2. The van der Waals surface area contributed by atoms with Gasteiger partial charge >= 0.3 is 5.92 Å². The van der Waals surface area contributed by atoms with E-state index in [-0.39, 0.29) is 45.7 Å². The van der Waals surface area contributed by atoms with Gasteiger partial charge in [-0.3, -0.25) is 9.89 Å². The van der Waals surface area contributed by atoms with E-state index in [0.717, 1.165) is 17.8 Å². The predicted molar refractivity (Wildman–Crippen MR) is 125 cm³/mol. The second-order valence-corrected chi connectivity index (χ2v) is 8.48. The molecule has 1 aliphatic rings. The molecule has 0 atom stereocenters. The first-order chi connectivity index (χ1) is 15.1. The molecule has 1 saturated carbocycles. The summed E-state index contributed by atoms with van der Waals surface area (Å²) < 4.78 is 26.3. The molecule has 3 N–H and O–H groups in total. The largest absolute Gasteiger partial charge is 0.386 e. The van der Waals surface area contributed by atoms with Gasteiger partial charge in [0.25, 0.3) is 5.91 Å². The Morgan fingerprint density at radius 3 is 2.18 bits per heavy atom. The number of carbonyl (C=O) groups excluding carboxylic acids is 1. The summed E-state index contributed by atoms with van der Waals surface area (Å²) in [6.45, 7) is 3.85. The number of amides is 1. The molecule has 0 aliphatic heterocycles. The van der Waals surface area contributed by atoms with Crippen LogP contribution in [0.5, 0.6) is 0 Å². The molecule has 0 spiro atoms. The van der Waals surface area contributed by atoms with Gasteiger partial charge in [-0.05, 0) is 26.0 Å². The maximum Gasteiger partial charge on any atom is 0.303 e. The van der Waals surface area contributed by atoms with Crippen LogP contribution in [0.3, 0.4) is 0 Å². The first kappa shape index (κ1) is 30.2. The number of hydrogen-bond acceptors (Lipinski definition) is 5. The van der Waals surface area contributed by atoms with Gasteiger partial charge in [-0.25, -0.2) is 9.97 Å². The Labute approximate surface area is 224 Å². The van der Waals surface area contributed by atoms with Gasteiger partial charge in [0.1, 0.15) is 0 Å². The van der Waals surface area contributed by atoms with Crippen molar-refractivity contribution < 1.29 is 51.4 Å². The van der Waals surface area contributed by atoms with Gasteiger partial charge in [-0.2, -0.15) is 26.7 Å². The maximum atomic E-state index is 13.2. The van der Waals surface area contributed by atoms with Gasteiger partial charge in [0.05, 0.1) is 22.9 Å². The van der Waals surface area contributed by atoms with Gasteiger partial charge in [-0.1, -0.05) is 19.3 Å². The van der Waals surface area contributed by atoms with Gasteiger partial charge in [0.2, 0.25) is 0 Å². The average Bonchev–Trinajstić information content (AvgIpc) is 3.21. The Morgan fingerprint density at radius 2 is 1.71 bits per heavy atom. The van der Waals surface area contributed by atoms with Crippen LogP contribution in [0.4, 0.5) is 14.5 Å². The SMILES string of the molecule is CC(C)(O)c1cc2[nH]ncc2cc1NC(=O)c1cnc(C(C)(F)F)nc1.[CH-]1CCCCC1.[CH3-].[Y]. The van der Waals surface area contributed by atoms with Crippen LogP contribution in [-0.4, -0.2) is 31.2 Å². The second-order valence-electron chi connectivity index (χ2n) is 8.48. The first-order valence-electron chi connectivity index (χ1n) is 10.6. The fraction of sp³-hybridized carbons (Fsp3) is 0.417. The van der Waals surface area contributed by atoms with Crippen LogP contribution < -0.4 is 5.32 Å². The molecule has 0 bridgehead atoms. The molecule has 183 valence electrons. The topological polar surface area (TPSA) is 104 Å². The van der Waals surface area contributed by atoms with Gasteiger partial charge in [0.15, 0.2) is 5.82 Å². The third-order valence-electron chi connectivity index (χ3n) is 5.11. The number of carbonyl (C=O) groups is 1. The van der Waals surface area contributed by atoms with Crippen LogP contribution in [0.25, 0.3) is 10.9 Å². The van der Waals surface area contributed by atoms with E-state index in [1.165, 1.54) is 32.1 Å². The van der Waals surface area contributed by atoms with Crippen molar-refractivity contribution in [2.75, 3.05) is 5.32 Å². The number of aromatic amines is 1. The van der Waals surface area contributed by atoms with E-state index in [9.17, 15) is 18.7 Å². The number of hydrogen-bond donors (Lipinski definition) is 3. The molecule has 2 heterocycles. The zero-order valence-electron chi connectivity index (χ0n) is 20.0. The third kappa shape index (κ3) is 8.13. The van der Waals surface area contributed by atoms with Crippen molar-refractivity contribution in [2.24, 2.45) is 0 Å². The van der Waals surface area contributed by atoms with Gasteiger partial charge in [0, 0.05) is 68.7 Å². The van der Waals surface area contributed by atoms with Crippen LogP contribution in [0.1, 0.15) is 74.6 Å². The number of H-pyrrole nitrogens is 1. The van der Waals surface area contributed by atoms with Crippen LogP contribution in [0.2, 0.25) is 0 Å². The Balaban J connectivity index is 0.000000631. The number of aliphatic hydroxyl groups is 1. The molecule has 1 amide bonds. The Hall–Kier alpha value is -1.84. The second kappa shape index (κ2) is 12.7. The summed E-state index contributed by atoms with van der Waals surface area (Å²) in [5.41, 5.74) is 0.346. The smallest absolute Gasteiger partial charge is 0.303 e. The minimum absolute atomic E-state index is 0. The number of nitrogens with zero attached hydrogens (tertiary/aromatic N) is 3. The van der Waals surface area contributed by atoms with E-state index in [1.54, 1.807) is 32.2 Å². The molecule has 1 aliphatic carbocycles. The Morgan fingerprint density at radius 1 is 1.09 bits per heavy atom. The molecule has 2 aromatic heterocycles. The predicted octanol–water partition coefficient (Wildman–Crippen LogP) is 5.55. The van der Waals surface area contributed by atoms with Crippen molar-refractivity contribution in [1.82, 2.24) is 20.2 Å². The Bertz CT molecular complexity index is 1040. The quantitative estimate of drug-likeness (QED) is 0.371. The van der Waals surface area contributed by atoms with Crippen molar-refractivity contribution in [3.05, 3.63) is 61.5 Å². The molecule has 0 unspecified atom stereocenters. The van der Waals surface area contributed by atoms with E-state index in [2.05, 4.69) is 31.9 Å². The Kier molecular flexibility index (Phi) is 11.3. The van der Waals surface area contributed by atoms with E-state index in [0.29, 0.717) is 23.7 Å². The number of anilines is 1.